The van der Waals surface area contributed by atoms with Gasteiger partial charge < -0.3 is 15.0 Å². The van der Waals surface area contributed by atoms with Gasteiger partial charge in [0.25, 0.3) is 5.56 Å². The molecule has 0 aliphatic heterocycles. The number of ether oxygens (including phenoxy) is 1. The summed E-state index contributed by atoms with van der Waals surface area (Å²) in [5.41, 5.74) is 0.704. The van der Waals surface area contributed by atoms with Gasteiger partial charge in [0.1, 0.15) is 5.75 Å². The first-order valence-corrected chi connectivity index (χ1v) is 4.95. The third kappa shape index (κ3) is 2.10. The molecule has 1 aromatic carbocycles. The van der Waals surface area contributed by atoms with Crippen molar-refractivity contribution in [3.8, 4) is 5.75 Å². The van der Waals surface area contributed by atoms with Crippen LogP contribution in [0.4, 0.5) is 5.69 Å². The number of rotatable bonds is 2. The Morgan fingerprint density at radius 1 is 1.47 bits per heavy atom. The Hall–Kier alpha value is -2.37. The molecular weight excluding hydrogens is 222 g/mol. The predicted molar refractivity (Wildman–Crippen MR) is 63.2 cm³/mol. The highest BCUT2D eigenvalue weighted by atomic mass is 16.5. The van der Waals surface area contributed by atoms with Gasteiger partial charge in [0.15, 0.2) is 0 Å². The number of methoxy groups -OCH3 is 1. The van der Waals surface area contributed by atoms with Crippen molar-refractivity contribution in [2.45, 2.75) is 6.92 Å². The molecule has 0 fully saturated rings. The van der Waals surface area contributed by atoms with Crippen LogP contribution in [0.1, 0.15) is 6.92 Å². The highest BCUT2D eigenvalue weighted by Crippen LogP contribution is 2.27. The second kappa shape index (κ2) is 4.25. The molecule has 2 rings (SSSR count). The lowest BCUT2D eigenvalue weighted by Gasteiger charge is -2.09. The lowest BCUT2D eigenvalue weighted by Crippen LogP contribution is -2.10. The molecule has 17 heavy (non-hydrogen) atoms. The third-order valence-corrected chi connectivity index (χ3v) is 2.27. The van der Waals surface area contributed by atoms with E-state index in [0.717, 1.165) is 0 Å². The van der Waals surface area contributed by atoms with Crippen molar-refractivity contribution in [1.82, 2.24) is 9.97 Å². The Bertz CT molecular complexity index is 633. The molecule has 0 aliphatic carbocycles. The van der Waals surface area contributed by atoms with Gasteiger partial charge in [-0.15, -0.1) is 0 Å². The summed E-state index contributed by atoms with van der Waals surface area (Å²) >= 11 is 0. The standard InChI is InChI=1S/C11H11N3O3/c1-6(15)14-9-3-7-8(4-10(9)17-2)12-5-13-11(7)16/h3-5H,1-2H3,(H,14,15)(H,12,13,16). The van der Waals surface area contributed by atoms with Gasteiger partial charge in [-0.25, -0.2) is 4.98 Å². The quantitative estimate of drug-likeness (QED) is 0.806. The molecule has 1 aromatic heterocycles. The Morgan fingerprint density at radius 2 is 2.24 bits per heavy atom. The molecule has 0 saturated carbocycles. The van der Waals surface area contributed by atoms with Crippen LogP contribution < -0.4 is 15.6 Å². The van der Waals surface area contributed by atoms with Gasteiger partial charge in [-0.2, -0.15) is 0 Å². The van der Waals surface area contributed by atoms with Crippen LogP contribution >= 0.6 is 0 Å². The summed E-state index contributed by atoms with van der Waals surface area (Å²) < 4.78 is 5.13. The van der Waals surface area contributed by atoms with E-state index >= 15 is 0 Å². The first kappa shape index (κ1) is 11.1. The summed E-state index contributed by atoms with van der Waals surface area (Å²) in [6.07, 6.45) is 1.32. The van der Waals surface area contributed by atoms with Gasteiger partial charge >= 0.3 is 0 Å². The molecule has 6 heteroatoms. The van der Waals surface area contributed by atoms with Crippen LogP contribution in [-0.4, -0.2) is 23.0 Å². The molecule has 0 spiro atoms. The van der Waals surface area contributed by atoms with E-state index in [1.807, 2.05) is 0 Å². The summed E-state index contributed by atoms with van der Waals surface area (Å²) in [5.74, 6) is 0.230. The van der Waals surface area contributed by atoms with Crippen molar-refractivity contribution in [2.75, 3.05) is 12.4 Å². The molecule has 2 aromatic rings. The number of hydrogen-bond donors (Lipinski definition) is 2. The smallest absolute Gasteiger partial charge is 0.258 e. The van der Waals surface area contributed by atoms with Crippen LogP contribution in [0.5, 0.6) is 5.75 Å². The lowest BCUT2D eigenvalue weighted by molar-refractivity contribution is -0.114. The van der Waals surface area contributed by atoms with Gasteiger partial charge in [-0.1, -0.05) is 0 Å². The lowest BCUT2D eigenvalue weighted by atomic mass is 10.2. The average Bonchev–Trinajstić information content (AvgIpc) is 2.29. The Labute approximate surface area is 96.6 Å². The minimum atomic E-state index is -0.260. The van der Waals surface area contributed by atoms with Gasteiger partial charge in [0.05, 0.1) is 30.0 Å². The highest BCUT2D eigenvalue weighted by Gasteiger charge is 2.09. The number of benzene rings is 1. The fourth-order valence-electron chi connectivity index (χ4n) is 1.55. The highest BCUT2D eigenvalue weighted by molar-refractivity contribution is 5.94. The molecular formula is C11H11N3O3. The molecule has 0 aliphatic rings. The summed E-state index contributed by atoms with van der Waals surface area (Å²) in [5, 5.41) is 3.00. The predicted octanol–water partition coefficient (Wildman–Crippen LogP) is 0.890. The minimum Gasteiger partial charge on any atom is -0.494 e. The number of carbonyl (C=O) groups excluding carboxylic acids is 1. The van der Waals surface area contributed by atoms with E-state index in [4.69, 9.17) is 4.74 Å². The van der Waals surface area contributed by atoms with Crippen LogP contribution in [0.3, 0.4) is 0 Å². The number of hydrogen-bond acceptors (Lipinski definition) is 4. The summed E-state index contributed by atoms with van der Waals surface area (Å²) in [6.45, 7) is 1.39. The molecule has 1 amide bonds. The Morgan fingerprint density at radius 3 is 2.88 bits per heavy atom. The normalized spacial score (nSPS) is 10.2. The third-order valence-electron chi connectivity index (χ3n) is 2.27. The summed E-state index contributed by atoms with van der Waals surface area (Å²) in [6, 6.07) is 3.15. The molecule has 1 heterocycles. The molecule has 0 radical (unpaired) electrons. The Balaban J connectivity index is 2.69. The zero-order valence-corrected chi connectivity index (χ0v) is 9.40. The fraction of sp³-hybridized carbons (Fsp3) is 0.182. The van der Waals surface area contributed by atoms with Crippen molar-refractivity contribution >= 4 is 22.5 Å². The first-order valence-electron chi connectivity index (χ1n) is 4.95. The molecule has 0 unspecified atom stereocenters. The van der Waals surface area contributed by atoms with E-state index in [1.165, 1.54) is 20.4 Å². The van der Waals surface area contributed by atoms with E-state index in [9.17, 15) is 9.59 Å². The molecule has 0 saturated heterocycles. The number of fused-ring (bicyclic) bond motifs is 1. The molecule has 0 atom stereocenters. The minimum absolute atomic E-state index is 0.233. The number of amides is 1. The molecule has 6 nitrogen and oxygen atoms in total. The molecule has 88 valence electrons. The van der Waals surface area contributed by atoms with E-state index in [-0.39, 0.29) is 11.5 Å². The summed E-state index contributed by atoms with van der Waals surface area (Å²) in [7, 11) is 1.49. The van der Waals surface area contributed by atoms with Crippen molar-refractivity contribution < 1.29 is 9.53 Å². The van der Waals surface area contributed by atoms with E-state index in [1.54, 1.807) is 12.1 Å². The van der Waals surface area contributed by atoms with Crippen LogP contribution in [0, 0.1) is 0 Å². The van der Waals surface area contributed by atoms with Crippen LogP contribution in [0.25, 0.3) is 10.9 Å². The van der Waals surface area contributed by atoms with Crippen LogP contribution in [0.15, 0.2) is 23.3 Å². The maximum atomic E-state index is 11.6. The first-order chi connectivity index (χ1) is 8.11. The fourth-order valence-corrected chi connectivity index (χ4v) is 1.55. The van der Waals surface area contributed by atoms with Gasteiger partial charge in [-0.05, 0) is 6.07 Å². The molecule has 2 N–H and O–H groups in total. The van der Waals surface area contributed by atoms with Gasteiger partial charge in [-0.3, -0.25) is 9.59 Å². The summed E-state index contributed by atoms with van der Waals surface area (Å²) in [4.78, 5) is 29.1. The van der Waals surface area contributed by atoms with E-state index in [2.05, 4.69) is 15.3 Å². The maximum Gasteiger partial charge on any atom is 0.258 e. The second-order valence-electron chi connectivity index (χ2n) is 3.48. The molecule has 0 bridgehead atoms. The van der Waals surface area contributed by atoms with Crippen molar-refractivity contribution in [1.29, 1.82) is 0 Å². The number of carbonyl (C=O) groups is 1. The van der Waals surface area contributed by atoms with Crippen LogP contribution in [0.2, 0.25) is 0 Å². The SMILES string of the molecule is COc1cc2nc[nH]c(=O)c2cc1NC(C)=O. The zero-order chi connectivity index (χ0) is 12.4. The largest absolute Gasteiger partial charge is 0.494 e. The van der Waals surface area contributed by atoms with Gasteiger partial charge in [0, 0.05) is 13.0 Å². The number of anilines is 1. The number of nitrogens with one attached hydrogen (secondary N) is 2. The topological polar surface area (TPSA) is 84.1 Å². The van der Waals surface area contributed by atoms with E-state index < -0.39 is 0 Å². The average molecular weight is 233 g/mol. The number of aromatic nitrogens is 2. The number of aromatic amines is 1. The number of nitrogens with zero attached hydrogens (tertiary/aromatic N) is 1. The van der Waals surface area contributed by atoms with Crippen LogP contribution in [-0.2, 0) is 4.79 Å². The van der Waals surface area contributed by atoms with E-state index in [0.29, 0.717) is 22.3 Å². The second-order valence-corrected chi connectivity index (χ2v) is 3.48. The van der Waals surface area contributed by atoms with Crippen molar-refractivity contribution in [3.63, 3.8) is 0 Å². The zero-order valence-electron chi connectivity index (χ0n) is 9.40. The maximum absolute atomic E-state index is 11.6. The monoisotopic (exact) mass is 233 g/mol. The number of H-pyrrole nitrogens is 1. The van der Waals surface area contributed by atoms with Crippen molar-refractivity contribution in [2.24, 2.45) is 0 Å². The van der Waals surface area contributed by atoms with Gasteiger partial charge in [0.2, 0.25) is 5.91 Å². The Kier molecular flexibility index (Phi) is 2.78. The van der Waals surface area contributed by atoms with Crippen molar-refractivity contribution in [3.05, 3.63) is 28.8 Å².